The van der Waals surface area contributed by atoms with Gasteiger partial charge < -0.3 is 9.80 Å². The van der Waals surface area contributed by atoms with Gasteiger partial charge in [0, 0.05) is 29.2 Å². The number of anilines is 3. The molecule has 4 heterocycles. The van der Waals surface area contributed by atoms with E-state index in [0.29, 0.717) is 0 Å². The number of para-hydroxylation sites is 3. The number of hydrogen-bond donors (Lipinski definition) is 0. The number of nitrogens with zero attached hydrogens (tertiary/aromatic N) is 4. The minimum Gasteiger partial charge on any atom is -0.347 e. The van der Waals surface area contributed by atoms with E-state index in [1.807, 2.05) is 6.20 Å². The quantitative estimate of drug-likeness (QED) is 0.158. The van der Waals surface area contributed by atoms with Crippen molar-refractivity contribution in [2.45, 2.75) is 32.7 Å². The largest absolute Gasteiger partial charge is 0.347 e. The Morgan fingerprint density at radius 1 is 0.552 bits per heavy atom. The van der Waals surface area contributed by atoms with Gasteiger partial charge >= 0.3 is 0 Å². The molecule has 0 aliphatic carbocycles. The summed E-state index contributed by atoms with van der Waals surface area (Å²) in [4.78, 5) is 10.0. The van der Waals surface area contributed by atoms with Crippen molar-refractivity contribution in [2.24, 2.45) is 0 Å². The monoisotopic (exact) mass is 764 g/mol. The van der Waals surface area contributed by atoms with Crippen molar-refractivity contribution in [2.75, 3.05) is 16.5 Å². The summed E-state index contributed by atoms with van der Waals surface area (Å²) in [5.74, 6) is 0.952. The maximum Gasteiger partial charge on any atom is 0.181 e. The number of pyridine rings is 1. The maximum atomic E-state index is 5.04. The van der Waals surface area contributed by atoms with Gasteiger partial charge in [-0.25, -0.2) is 4.98 Å². The number of aromatic nitrogens is 2. The Hall–Kier alpha value is -6.69. The molecule has 2 aliphatic heterocycles. The molecule has 0 bridgehead atoms. The molecule has 4 nitrogen and oxygen atoms in total. The van der Waals surface area contributed by atoms with Crippen LogP contribution in [0.4, 0.5) is 17.1 Å². The van der Waals surface area contributed by atoms with Crippen molar-refractivity contribution in [3.05, 3.63) is 199 Å². The number of rotatable bonds is 6. The molecule has 0 radical (unpaired) electrons. The molecule has 2 aromatic heterocycles. The fourth-order valence-electron chi connectivity index (χ4n) is 9.83. The predicted molar refractivity (Wildman–Crippen MR) is 246 cm³/mol. The van der Waals surface area contributed by atoms with Gasteiger partial charge in [-0.15, -0.1) is 0 Å². The summed E-state index contributed by atoms with van der Waals surface area (Å²) in [7, 11) is -2.88. The zero-order chi connectivity index (χ0) is 39.0. The summed E-state index contributed by atoms with van der Waals surface area (Å²) in [6.07, 6.45) is 1.98. The van der Waals surface area contributed by atoms with E-state index in [1.54, 1.807) is 0 Å². The summed E-state index contributed by atoms with van der Waals surface area (Å²) >= 11 is 0. The van der Waals surface area contributed by atoms with Gasteiger partial charge in [0.15, 0.2) is 8.07 Å². The molecule has 0 spiro atoms. The fraction of sp³-hybridized carbons (Fsp3) is 0.113. The van der Waals surface area contributed by atoms with Gasteiger partial charge in [-0.05, 0) is 96.9 Å². The topological polar surface area (TPSA) is 24.3 Å². The van der Waals surface area contributed by atoms with E-state index in [1.165, 1.54) is 81.9 Å². The molecule has 280 valence electrons. The Labute approximate surface area is 341 Å². The van der Waals surface area contributed by atoms with E-state index < -0.39 is 8.07 Å². The van der Waals surface area contributed by atoms with Gasteiger partial charge in [0.05, 0.1) is 29.1 Å². The van der Waals surface area contributed by atoms with Crippen LogP contribution in [0, 0.1) is 0 Å². The van der Waals surface area contributed by atoms with E-state index in [9.17, 15) is 0 Å². The SMILES string of the molecule is CC(C)(C)c1ccnc(-n2c3ccccc3c3ccc([Si]4(c5cccc(N6CN(Cc7ccccc7)c7ccccc76)c5)c5ccccc5-c5ccccc54)cc32)c1. The lowest BCUT2D eigenvalue weighted by Crippen LogP contribution is -2.72. The van der Waals surface area contributed by atoms with E-state index in [2.05, 4.69) is 217 Å². The van der Waals surface area contributed by atoms with Gasteiger partial charge in [0.25, 0.3) is 0 Å². The maximum absolute atomic E-state index is 5.04. The third-order valence-electron chi connectivity index (χ3n) is 12.5. The molecule has 0 amide bonds. The van der Waals surface area contributed by atoms with Crippen molar-refractivity contribution < 1.29 is 0 Å². The highest BCUT2D eigenvalue weighted by Gasteiger charge is 2.49. The van der Waals surface area contributed by atoms with Crippen molar-refractivity contribution in [1.82, 2.24) is 9.55 Å². The first-order valence-corrected chi connectivity index (χ1v) is 22.4. The molecule has 9 aromatic rings. The second-order valence-electron chi connectivity index (χ2n) is 16.9. The molecule has 0 saturated heterocycles. The smallest absolute Gasteiger partial charge is 0.181 e. The molecule has 2 aliphatic rings. The molecule has 0 fully saturated rings. The molecular formula is C53H44N4Si. The molecule has 0 atom stereocenters. The van der Waals surface area contributed by atoms with Crippen LogP contribution < -0.4 is 30.5 Å². The Balaban J connectivity index is 1.14. The first-order chi connectivity index (χ1) is 28.4. The second-order valence-corrected chi connectivity index (χ2v) is 20.6. The summed E-state index contributed by atoms with van der Waals surface area (Å²) in [6, 6.07) is 68.2. The average molecular weight is 765 g/mol. The Morgan fingerprint density at radius 2 is 1.21 bits per heavy atom. The standard InChI is InChI=1S/C53H44N4Si/c1-53(2,3)38-30-31-54-52(32-38)57-46-23-10-7-20-42(46)43-29-28-41(34-49(43)57)58(50-26-13-8-21-44(50)45-22-9-14-27-51(45)58)40-19-15-18-39(33-40)56-36-55(35-37-16-5-4-6-17-37)47-24-11-12-25-48(47)56/h4-34H,35-36H2,1-3H3. The molecule has 58 heavy (non-hydrogen) atoms. The summed E-state index contributed by atoms with van der Waals surface area (Å²) in [5, 5.41) is 8.12. The molecule has 0 unspecified atom stereocenters. The van der Waals surface area contributed by atoms with Crippen molar-refractivity contribution in [3.63, 3.8) is 0 Å². The second kappa shape index (κ2) is 13.2. The predicted octanol–water partition coefficient (Wildman–Crippen LogP) is 9.95. The molecular weight excluding hydrogens is 721 g/mol. The third-order valence-corrected chi connectivity index (χ3v) is 17.4. The minimum atomic E-state index is -2.88. The van der Waals surface area contributed by atoms with E-state index in [4.69, 9.17) is 4.98 Å². The zero-order valence-corrected chi connectivity index (χ0v) is 34.1. The lowest BCUT2D eigenvalue weighted by atomic mass is 9.88. The number of fused-ring (bicyclic) bond motifs is 7. The normalized spacial score (nSPS) is 14.2. The van der Waals surface area contributed by atoms with Crippen LogP contribution in [0.2, 0.25) is 0 Å². The van der Waals surface area contributed by atoms with Crippen molar-refractivity contribution in [1.29, 1.82) is 0 Å². The average Bonchev–Trinajstić information content (AvgIpc) is 3.90. The first kappa shape index (κ1) is 34.5. The van der Waals surface area contributed by atoms with Crippen LogP contribution in [0.5, 0.6) is 0 Å². The van der Waals surface area contributed by atoms with Crippen LogP contribution in [-0.4, -0.2) is 24.3 Å². The number of benzene rings is 7. The van der Waals surface area contributed by atoms with Gasteiger partial charge in [-0.1, -0.05) is 154 Å². The van der Waals surface area contributed by atoms with Gasteiger partial charge in [-0.3, -0.25) is 4.57 Å². The Kier molecular flexibility index (Phi) is 7.85. The van der Waals surface area contributed by atoms with Gasteiger partial charge in [0.2, 0.25) is 0 Å². The van der Waals surface area contributed by atoms with Crippen molar-refractivity contribution >= 4 is 67.7 Å². The van der Waals surface area contributed by atoms with Gasteiger partial charge in [0.1, 0.15) is 5.82 Å². The highest BCUT2D eigenvalue weighted by atomic mass is 28.3. The molecule has 11 rings (SSSR count). The summed E-state index contributed by atoms with van der Waals surface area (Å²) in [6.45, 7) is 8.46. The lowest BCUT2D eigenvalue weighted by Gasteiger charge is -2.32. The third kappa shape index (κ3) is 5.23. The first-order valence-electron chi connectivity index (χ1n) is 20.4. The molecule has 5 heteroatoms. The van der Waals surface area contributed by atoms with E-state index in [-0.39, 0.29) is 5.41 Å². The van der Waals surface area contributed by atoms with Crippen LogP contribution in [0.3, 0.4) is 0 Å². The van der Waals surface area contributed by atoms with E-state index >= 15 is 0 Å². The Morgan fingerprint density at radius 3 is 1.98 bits per heavy atom. The van der Waals surface area contributed by atoms with Crippen LogP contribution >= 0.6 is 0 Å². The van der Waals surface area contributed by atoms with Crippen LogP contribution in [0.15, 0.2) is 188 Å². The van der Waals surface area contributed by atoms with Crippen LogP contribution in [-0.2, 0) is 12.0 Å². The molecule has 0 N–H and O–H groups in total. The Bertz CT molecular complexity index is 2980. The highest BCUT2D eigenvalue weighted by Crippen LogP contribution is 2.41. The van der Waals surface area contributed by atoms with Crippen LogP contribution in [0.25, 0.3) is 38.8 Å². The minimum absolute atomic E-state index is 0.00466. The molecule has 0 saturated carbocycles. The zero-order valence-electron chi connectivity index (χ0n) is 33.1. The highest BCUT2D eigenvalue weighted by molar-refractivity contribution is 7.22. The number of hydrogen-bond acceptors (Lipinski definition) is 3. The lowest BCUT2D eigenvalue weighted by molar-refractivity contribution is 0.588. The summed E-state index contributed by atoms with van der Waals surface area (Å²) in [5.41, 5.74) is 11.3. The van der Waals surface area contributed by atoms with Crippen LogP contribution in [0.1, 0.15) is 31.9 Å². The van der Waals surface area contributed by atoms with E-state index in [0.717, 1.165) is 19.0 Å². The van der Waals surface area contributed by atoms with Gasteiger partial charge in [-0.2, -0.15) is 0 Å². The fourth-order valence-corrected chi connectivity index (χ4v) is 15.0. The van der Waals surface area contributed by atoms with Crippen molar-refractivity contribution in [3.8, 4) is 16.9 Å². The molecule has 7 aromatic carbocycles. The summed E-state index contributed by atoms with van der Waals surface area (Å²) < 4.78 is 2.40.